The van der Waals surface area contributed by atoms with E-state index in [1.165, 1.54) is 0 Å². The lowest BCUT2D eigenvalue weighted by Crippen LogP contribution is -1.97. The summed E-state index contributed by atoms with van der Waals surface area (Å²) < 4.78 is 6.86. The number of benzene rings is 1. The highest BCUT2D eigenvalue weighted by molar-refractivity contribution is 5.68. The van der Waals surface area contributed by atoms with Crippen molar-refractivity contribution in [1.29, 1.82) is 5.26 Å². The first-order valence-corrected chi connectivity index (χ1v) is 5.92. The van der Waals surface area contributed by atoms with E-state index >= 15 is 0 Å². The summed E-state index contributed by atoms with van der Waals surface area (Å²) in [7, 11) is 1.57. The Kier molecular flexibility index (Phi) is 2.73. The van der Waals surface area contributed by atoms with Gasteiger partial charge in [-0.3, -0.25) is 0 Å². The number of fused-ring (bicyclic) bond motifs is 1. The Bertz CT molecular complexity index is 831. The van der Waals surface area contributed by atoms with Crippen LogP contribution in [0, 0.1) is 11.3 Å². The number of nitrogen functional groups attached to an aromatic ring is 1. The maximum atomic E-state index is 8.98. The van der Waals surface area contributed by atoms with Gasteiger partial charge in [0, 0.05) is 5.56 Å². The molecule has 0 fully saturated rings. The van der Waals surface area contributed by atoms with E-state index in [2.05, 4.69) is 16.2 Å². The molecule has 0 amide bonds. The summed E-state index contributed by atoms with van der Waals surface area (Å²) in [6.07, 6.45) is 0. The van der Waals surface area contributed by atoms with Gasteiger partial charge in [0.2, 0.25) is 5.95 Å². The zero-order valence-electron chi connectivity index (χ0n) is 10.7. The van der Waals surface area contributed by atoms with Gasteiger partial charge >= 0.3 is 0 Å². The molecular formula is C14H11N5O. The molecular weight excluding hydrogens is 254 g/mol. The van der Waals surface area contributed by atoms with Crippen molar-refractivity contribution in [2.75, 3.05) is 12.8 Å². The van der Waals surface area contributed by atoms with E-state index in [-0.39, 0.29) is 5.95 Å². The van der Waals surface area contributed by atoms with E-state index in [0.717, 1.165) is 11.3 Å². The highest BCUT2D eigenvalue weighted by Crippen LogP contribution is 2.26. The summed E-state index contributed by atoms with van der Waals surface area (Å²) in [5.74, 6) is 0.765. The van der Waals surface area contributed by atoms with Gasteiger partial charge in [-0.2, -0.15) is 10.2 Å². The van der Waals surface area contributed by atoms with Crippen LogP contribution in [-0.2, 0) is 0 Å². The molecule has 1 aromatic carbocycles. The molecule has 0 radical (unpaired) electrons. The third kappa shape index (κ3) is 1.82. The van der Waals surface area contributed by atoms with Crippen LogP contribution in [0.5, 0.6) is 5.75 Å². The lowest BCUT2D eigenvalue weighted by atomic mass is 10.1. The molecule has 0 aliphatic rings. The Morgan fingerprint density at radius 1 is 1.30 bits per heavy atom. The van der Waals surface area contributed by atoms with Crippen molar-refractivity contribution < 1.29 is 4.74 Å². The topological polar surface area (TPSA) is 89.2 Å². The molecule has 20 heavy (non-hydrogen) atoms. The normalized spacial score (nSPS) is 10.4. The first-order chi connectivity index (χ1) is 9.72. The van der Waals surface area contributed by atoms with Crippen LogP contribution in [0.25, 0.3) is 16.9 Å². The van der Waals surface area contributed by atoms with E-state index in [1.807, 2.05) is 18.2 Å². The predicted molar refractivity (Wildman–Crippen MR) is 74.1 cm³/mol. The number of nitrogens with two attached hydrogens (primary N) is 1. The fraction of sp³-hybridized carbons (Fsp3) is 0.0714. The largest absolute Gasteiger partial charge is 0.493 e. The predicted octanol–water partition coefficient (Wildman–Crippen LogP) is 1.86. The standard InChI is InChI=1S/C14H11N5O/c1-20-12-6-5-11(19-13(12)17-14(16)18-19)10-4-2-3-9(7-10)8-15/h2-7H,1H3,(H2,16,18). The molecule has 0 unspecified atom stereocenters. The molecule has 3 aromatic rings. The van der Waals surface area contributed by atoms with Crippen LogP contribution in [0.3, 0.4) is 0 Å². The van der Waals surface area contributed by atoms with Crippen LogP contribution in [-0.4, -0.2) is 21.7 Å². The smallest absolute Gasteiger partial charge is 0.240 e. The monoisotopic (exact) mass is 265 g/mol. The first kappa shape index (κ1) is 12.0. The highest BCUT2D eigenvalue weighted by Gasteiger charge is 2.12. The van der Waals surface area contributed by atoms with E-state index in [1.54, 1.807) is 29.8 Å². The Morgan fingerprint density at radius 2 is 2.15 bits per heavy atom. The first-order valence-electron chi connectivity index (χ1n) is 5.92. The minimum absolute atomic E-state index is 0.173. The molecule has 2 aromatic heterocycles. The number of aromatic nitrogens is 3. The summed E-state index contributed by atoms with van der Waals surface area (Å²) in [5, 5.41) is 13.2. The maximum Gasteiger partial charge on any atom is 0.240 e. The van der Waals surface area contributed by atoms with Crippen molar-refractivity contribution in [1.82, 2.24) is 14.6 Å². The Balaban J connectivity index is 2.29. The second-order valence-corrected chi connectivity index (χ2v) is 4.18. The average molecular weight is 265 g/mol. The van der Waals surface area contributed by atoms with Gasteiger partial charge in [0.15, 0.2) is 11.4 Å². The summed E-state index contributed by atoms with van der Waals surface area (Å²) in [6.45, 7) is 0. The average Bonchev–Trinajstić information content (AvgIpc) is 2.87. The molecule has 0 bridgehead atoms. The molecule has 0 aliphatic heterocycles. The van der Waals surface area contributed by atoms with E-state index in [4.69, 9.17) is 15.7 Å². The molecule has 6 nitrogen and oxygen atoms in total. The van der Waals surface area contributed by atoms with Gasteiger partial charge in [-0.05, 0) is 24.3 Å². The quantitative estimate of drug-likeness (QED) is 0.763. The molecule has 6 heteroatoms. The lowest BCUT2D eigenvalue weighted by molar-refractivity contribution is 0.416. The SMILES string of the molecule is COc1ccc(-c2cccc(C#N)c2)n2nc(N)nc12. The summed E-state index contributed by atoms with van der Waals surface area (Å²) >= 11 is 0. The lowest BCUT2D eigenvalue weighted by Gasteiger charge is -2.07. The van der Waals surface area contributed by atoms with Gasteiger partial charge in [-0.25, -0.2) is 4.52 Å². The van der Waals surface area contributed by atoms with Crippen LogP contribution in [0.2, 0.25) is 0 Å². The fourth-order valence-electron chi connectivity index (χ4n) is 2.08. The third-order valence-electron chi connectivity index (χ3n) is 2.97. The molecule has 0 atom stereocenters. The molecule has 2 N–H and O–H groups in total. The van der Waals surface area contributed by atoms with E-state index < -0.39 is 0 Å². The molecule has 98 valence electrons. The van der Waals surface area contributed by atoms with Crippen molar-refractivity contribution in [3.63, 3.8) is 0 Å². The number of methoxy groups -OCH3 is 1. The number of hydrogen-bond acceptors (Lipinski definition) is 5. The van der Waals surface area contributed by atoms with Gasteiger partial charge in [0.25, 0.3) is 0 Å². The molecule has 3 rings (SSSR count). The number of ether oxygens (including phenoxy) is 1. The van der Waals surface area contributed by atoms with Crippen LogP contribution >= 0.6 is 0 Å². The minimum Gasteiger partial charge on any atom is -0.493 e. The van der Waals surface area contributed by atoms with Gasteiger partial charge in [0.05, 0.1) is 24.4 Å². The molecule has 0 spiro atoms. The van der Waals surface area contributed by atoms with Crippen LogP contribution in [0.4, 0.5) is 5.95 Å². The zero-order valence-corrected chi connectivity index (χ0v) is 10.7. The van der Waals surface area contributed by atoms with Crippen molar-refractivity contribution >= 4 is 11.6 Å². The number of hydrogen-bond donors (Lipinski definition) is 1. The van der Waals surface area contributed by atoms with Crippen LogP contribution in [0.1, 0.15) is 5.56 Å². The Labute approximate surface area is 115 Å². The van der Waals surface area contributed by atoms with Crippen molar-refractivity contribution in [2.45, 2.75) is 0 Å². The van der Waals surface area contributed by atoms with Gasteiger partial charge in [-0.1, -0.05) is 12.1 Å². The Morgan fingerprint density at radius 3 is 2.90 bits per heavy atom. The van der Waals surface area contributed by atoms with Crippen LogP contribution in [0.15, 0.2) is 36.4 Å². The van der Waals surface area contributed by atoms with Crippen molar-refractivity contribution in [3.8, 4) is 23.1 Å². The minimum atomic E-state index is 0.173. The van der Waals surface area contributed by atoms with Gasteiger partial charge in [-0.15, -0.1) is 5.10 Å². The number of nitriles is 1. The molecule has 0 saturated carbocycles. The molecule has 2 heterocycles. The van der Waals surface area contributed by atoms with Gasteiger partial charge < -0.3 is 10.5 Å². The molecule has 0 saturated heterocycles. The Hall–Kier alpha value is -3.07. The number of pyridine rings is 1. The maximum absolute atomic E-state index is 8.98. The fourth-order valence-corrected chi connectivity index (χ4v) is 2.08. The summed E-state index contributed by atoms with van der Waals surface area (Å²) in [5.41, 5.74) is 8.45. The number of nitrogens with zero attached hydrogens (tertiary/aromatic N) is 4. The second kappa shape index (κ2) is 4.55. The summed E-state index contributed by atoms with van der Waals surface area (Å²) in [6, 6.07) is 13.0. The van der Waals surface area contributed by atoms with Crippen LogP contribution < -0.4 is 10.5 Å². The van der Waals surface area contributed by atoms with Crippen molar-refractivity contribution in [2.24, 2.45) is 0 Å². The highest BCUT2D eigenvalue weighted by atomic mass is 16.5. The molecule has 0 aliphatic carbocycles. The van der Waals surface area contributed by atoms with E-state index in [9.17, 15) is 0 Å². The second-order valence-electron chi connectivity index (χ2n) is 4.18. The third-order valence-corrected chi connectivity index (χ3v) is 2.97. The number of rotatable bonds is 2. The van der Waals surface area contributed by atoms with Gasteiger partial charge in [0.1, 0.15) is 0 Å². The summed E-state index contributed by atoms with van der Waals surface area (Å²) in [4.78, 5) is 4.15. The zero-order chi connectivity index (χ0) is 14.1. The number of anilines is 1. The van der Waals surface area contributed by atoms with Crippen molar-refractivity contribution in [3.05, 3.63) is 42.0 Å². The van der Waals surface area contributed by atoms with E-state index in [0.29, 0.717) is 17.0 Å².